The quantitative estimate of drug-likeness (QED) is 0.274. The number of guanidine groups is 1. The van der Waals surface area contributed by atoms with Crippen molar-refractivity contribution in [2.24, 2.45) is 10.9 Å². The summed E-state index contributed by atoms with van der Waals surface area (Å²) in [5, 5.41) is 16.8. The van der Waals surface area contributed by atoms with Crippen molar-refractivity contribution in [3.05, 3.63) is 21.3 Å². The summed E-state index contributed by atoms with van der Waals surface area (Å²) in [7, 11) is 0. The van der Waals surface area contributed by atoms with Gasteiger partial charge in [-0.3, -0.25) is 9.89 Å². The van der Waals surface area contributed by atoms with Gasteiger partial charge in [0, 0.05) is 37.1 Å². The zero-order chi connectivity index (χ0) is 18.9. The molecule has 9 heteroatoms. The minimum Gasteiger partial charge on any atom is -0.386 e. The minimum atomic E-state index is -0.600. The maximum absolute atomic E-state index is 10.3. The molecular formula is C18H32ClIN4O2S. The van der Waals surface area contributed by atoms with Crippen LogP contribution >= 0.6 is 46.9 Å². The first kappa shape index (κ1) is 24.9. The number of hydrogen-bond donors (Lipinski definition) is 3. The molecule has 0 aromatic carbocycles. The van der Waals surface area contributed by atoms with E-state index in [4.69, 9.17) is 21.3 Å². The van der Waals surface area contributed by atoms with Crippen molar-refractivity contribution >= 4 is 52.9 Å². The molecule has 156 valence electrons. The summed E-state index contributed by atoms with van der Waals surface area (Å²) in [6, 6.07) is 4.05. The van der Waals surface area contributed by atoms with Crippen molar-refractivity contribution in [3.8, 4) is 0 Å². The molecule has 2 rings (SSSR count). The number of aliphatic hydroxyl groups excluding tert-OH is 1. The Labute approximate surface area is 188 Å². The first-order valence-corrected chi connectivity index (χ1v) is 10.5. The van der Waals surface area contributed by atoms with Crippen molar-refractivity contribution in [2.45, 2.75) is 32.9 Å². The van der Waals surface area contributed by atoms with E-state index >= 15 is 0 Å². The van der Waals surface area contributed by atoms with E-state index in [2.05, 4.69) is 29.4 Å². The molecule has 2 heterocycles. The highest BCUT2D eigenvalue weighted by molar-refractivity contribution is 14.0. The summed E-state index contributed by atoms with van der Waals surface area (Å²) in [5.41, 5.74) is 0. The van der Waals surface area contributed by atoms with Gasteiger partial charge in [-0.2, -0.15) is 0 Å². The van der Waals surface area contributed by atoms with E-state index < -0.39 is 6.10 Å². The first-order chi connectivity index (χ1) is 12.5. The van der Waals surface area contributed by atoms with Crippen LogP contribution in [0, 0.1) is 5.92 Å². The molecule has 1 saturated heterocycles. The summed E-state index contributed by atoms with van der Waals surface area (Å²) >= 11 is 7.34. The van der Waals surface area contributed by atoms with Gasteiger partial charge in [-0.05, 0) is 25.0 Å². The Kier molecular flexibility index (Phi) is 12.1. The third kappa shape index (κ3) is 8.41. The zero-order valence-electron chi connectivity index (χ0n) is 16.3. The highest BCUT2D eigenvalue weighted by Gasteiger charge is 2.23. The number of thiophene rings is 1. The normalized spacial score (nSPS) is 18.1. The summed E-state index contributed by atoms with van der Waals surface area (Å²) < 4.78 is 6.15. The topological polar surface area (TPSA) is 69.1 Å². The van der Waals surface area contributed by atoms with Crippen LogP contribution in [0.15, 0.2) is 17.1 Å². The standard InChI is InChI=1S/C18H31ClN4O2S.HI/c1-4-20-18(22-12-15(24)16-5-6-17(19)26-16)21-11-14(13(2)3)23-7-9-25-10-8-23;/h5-6,13-15,24H,4,7-12H2,1-3H3,(H2,20,21,22);1H. The van der Waals surface area contributed by atoms with E-state index in [1.807, 2.05) is 13.0 Å². The van der Waals surface area contributed by atoms with Crippen LogP contribution in [-0.4, -0.2) is 67.9 Å². The number of rotatable bonds is 8. The van der Waals surface area contributed by atoms with E-state index in [1.165, 1.54) is 11.3 Å². The van der Waals surface area contributed by atoms with Gasteiger partial charge in [0.25, 0.3) is 0 Å². The molecule has 0 amide bonds. The van der Waals surface area contributed by atoms with Gasteiger partial charge in [0.15, 0.2) is 5.96 Å². The van der Waals surface area contributed by atoms with Crippen LogP contribution in [0.1, 0.15) is 31.8 Å². The molecular weight excluding hydrogens is 499 g/mol. The van der Waals surface area contributed by atoms with Crippen LogP contribution in [0.2, 0.25) is 4.34 Å². The molecule has 0 bridgehead atoms. The van der Waals surface area contributed by atoms with E-state index in [9.17, 15) is 5.11 Å². The van der Waals surface area contributed by atoms with Crippen molar-refractivity contribution in [3.63, 3.8) is 0 Å². The van der Waals surface area contributed by atoms with Gasteiger partial charge in [-0.15, -0.1) is 35.3 Å². The van der Waals surface area contributed by atoms with Crippen molar-refractivity contribution < 1.29 is 9.84 Å². The van der Waals surface area contributed by atoms with Gasteiger partial charge in [0.2, 0.25) is 0 Å². The Morgan fingerprint density at radius 1 is 1.33 bits per heavy atom. The smallest absolute Gasteiger partial charge is 0.191 e. The molecule has 1 fully saturated rings. The monoisotopic (exact) mass is 530 g/mol. The number of aliphatic imine (C=N–C) groups is 1. The number of ether oxygens (including phenoxy) is 1. The van der Waals surface area contributed by atoms with Crippen LogP contribution < -0.4 is 10.6 Å². The van der Waals surface area contributed by atoms with Gasteiger partial charge in [0.05, 0.1) is 24.1 Å². The minimum absolute atomic E-state index is 0. The lowest BCUT2D eigenvalue weighted by molar-refractivity contribution is 0.00867. The number of nitrogens with zero attached hydrogens (tertiary/aromatic N) is 2. The zero-order valence-corrected chi connectivity index (χ0v) is 20.2. The average Bonchev–Trinajstić information content (AvgIpc) is 3.06. The predicted molar refractivity (Wildman–Crippen MR) is 125 cm³/mol. The number of aliphatic hydroxyl groups is 1. The van der Waals surface area contributed by atoms with Crippen molar-refractivity contribution in [1.82, 2.24) is 15.5 Å². The van der Waals surface area contributed by atoms with Gasteiger partial charge in [-0.1, -0.05) is 25.4 Å². The molecule has 0 radical (unpaired) electrons. The molecule has 1 aliphatic heterocycles. The number of halogens is 2. The molecule has 1 aromatic rings. The summed E-state index contributed by atoms with van der Waals surface area (Å²) in [4.78, 5) is 8.07. The summed E-state index contributed by atoms with van der Waals surface area (Å²) in [6.45, 7) is 11.9. The highest BCUT2D eigenvalue weighted by Crippen LogP contribution is 2.26. The molecule has 27 heavy (non-hydrogen) atoms. The van der Waals surface area contributed by atoms with Gasteiger partial charge in [0.1, 0.15) is 6.10 Å². The van der Waals surface area contributed by atoms with Crippen molar-refractivity contribution in [2.75, 3.05) is 45.9 Å². The molecule has 1 aromatic heterocycles. The van der Waals surface area contributed by atoms with E-state index in [0.29, 0.717) is 29.4 Å². The fourth-order valence-corrected chi connectivity index (χ4v) is 4.03. The Morgan fingerprint density at radius 2 is 2.04 bits per heavy atom. The third-order valence-corrected chi connectivity index (χ3v) is 5.78. The third-order valence-electron chi connectivity index (χ3n) is 4.45. The second-order valence-corrected chi connectivity index (χ2v) is 8.46. The summed E-state index contributed by atoms with van der Waals surface area (Å²) in [5.74, 6) is 1.24. The molecule has 0 aliphatic carbocycles. The second kappa shape index (κ2) is 13.2. The van der Waals surface area contributed by atoms with E-state index in [1.54, 1.807) is 6.07 Å². The van der Waals surface area contributed by atoms with E-state index in [-0.39, 0.29) is 24.0 Å². The van der Waals surface area contributed by atoms with Crippen LogP contribution in [0.3, 0.4) is 0 Å². The fourth-order valence-electron chi connectivity index (χ4n) is 2.98. The SMILES string of the molecule is CCNC(=NCC(C(C)C)N1CCOCC1)NCC(O)c1ccc(Cl)s1.I. The largest absolute Gasteiger partial charge is 0.386 e. The predicted octanol–water partition coefficient (Wildman–Crippen LogP) is 2.96. The van der Waals surface area contributed by atoms with E-state index in [0.717, 1.165) is 43.7 Å². The molecule has 3 N–H and O–H groups in total. The fraction of sp³-hybridized carbons (Fsp3) is 0.722. The molecule has 0 saturated carbocycles. The van der Waals surface area contributed by atoms with Gasteiger partial charge >= 0.3 is 0 Å². The van der Waals surface area contributed by atoms with Crippen LogP contribution in [-0.2, 0) is 4.74 Å². The Balaban J connectivity index is 0.00000364. The van der Waals surface area contributed by atoms with Crippen LogP contribution in [0.25, 0.3) is 0 Å². The Morgan fingerprint density at radius 3 is 2.59 bits per heavy atom. The van der Waals surface area contributed by atoms with Crippen molar-refractivity contribution in [1.29, 1.82) is 0 Å². The Bertz CT molecular complexity index is 567. The van der Waals surface area contributed by atoms with Crippen LogP contribution in [0.5, 0.6) is 0 Å². The molecule has 1 aliphatic rings. The summed E-state index contributed by atoms with van der Waals surface area (Å²) in [6.07, 6.45) is -0.600. The lowest BCUT2D eigenvalue weighted by Crippen LogP contribution is -2.48. The lowest BCUT2D eigenvalue weighted by Gasteiger charge is -2.36. The maximum Gasteiger partial charge on any atom is 0.191 e. The first-order valence-electron chi connectivity index (χ1n) is 9.28. The molecule has 6 nitrogen and oxygen atoms in total. The molecule has 0 spiro atoms. The van der Waals surface area contributed by atoms with Gasteiger partial charge < -0.3 is 20.5 Å². The molecule has 2 unspecified atom stereocenters. The number of morpholine rings is 1. The maximum atomic E-state index is 10.3. The van der Waals surface area contributed by atoms with Crippen LogP contribution in [0.4, 0.5) is 0 Å². The number of hydrogen-bond acceptors (Lipinski definition) is 5. The Hall–Kier alpha value is -0.130. The highest BCUT2D eigenvalue weighted by atomic mass is 127. The number of nitrogens with one attached hydrogen (secondary N) is 2. The average molecular weight is 531 g/mol. The second-order valence-electron chi connectivity index (χ2n) is 6.72. The lowest BCUT2D eigenvalue weighted by atomic mass is 10.0. The van der Waals surface area contributed by atoms with Gasteiger partial charge in [-0.25, -0.2) is 0 Å². The molecule has 2 atom stereocenters.